The molecule has 160 valence electrons. The van der Waals surface area contributed by atoms with Crippen LogP contribution < -0.4 is 0 Å². The van der Waals surface area contributed by atoms with Gasteiger partial charge in [-0.2, -0.15) is 0 Å². The number of rotatable bonds is 9. The Morgan fingerprint density at radius 2 is 1.42 bits per heavy atom. The molecule has 3 unspecified atom stereocenters. The first kappa shape index (κ1) is 33.0. The number of aldehydes is 1. The summed E-state index contributed by atoms with van der Waals surface area (Å²) in [7, 11) is 4.23. The molecule has 0 saturated heterocycles. The maximum Gasteiger partial charge on any atom is 0.122 e. The molecule has 0 fully saturated rings. The Bertz CT molecular complexity index is 284. The molecule has 0 aromatic heterocycles. The molecule has 0 spiro atoms. The van der Waals surface area contributed by atoms with Gasteiger partial charge in [-0.25, -0.2) is 0 Å². The summed E-state index contributed by atoms with van der Waals surface area (Å²) in [4.78, 5) is 12.5. The van der Waals surface area contributed by atoms with E-state index >= 15 is 0 Å². The molecule has 0 amide bonds. The fourth-order valence-corrected chi connectivity index (χ4v) is 2.60. The average Bonchev–Trinajstić information content (AvgIpc) is 2.55. The van der Waals surface area contributed by atoms with Crippen LogP contribution in [-0.4, -0.2) is 31.3 Å². The molecule has 0 aromatic rings. The molecule has 0 aliphatic rings. The molecular weight excluding hydrogens is 318 g/mol. The van der Waals surface area contributed by atoms with E-state index in [-0.39, 0.29) is 5.92 Å². The number of carbonyl (C=O) groups excluding carboxylic acids is 1. The van der Waals surface area contributed by atoms with Crippen molar-refractivity contribution in [2.75, 3.05) is 14.1 Å². The van der Waals surface area contributed by atoms with Crippen molar-refractivity contribution in [2.45, 2.75) is 107 Å². The van der Waals surface area contributed by atoms with Gasteiger partial charge in [-0.05, 0) is 45.7 Å². The minimum atomic E-state index is 0.251. The van der Waals surface area contributed by atoms with Crippen LogP contribution in [-0.2, 0) is 4.79 Å². The lowest BCUT2D eigenvalue weighted by Gasteiger charge is -2.26. The van der Waals surface area contributed by atoms with E-state index in [1.807, 2.05) is 20.8 Å². The van der Waals surface area contributed by atoms with Gasteiger partial charge in [-0.15, -0.1) is 0 Å². The highest BCUT2D eigenvalue weighted by molar-refractivity contribution is 5.52. The van der Waals surface area contributed by atoms with Crippen LogP contribution in [0.2, 0.25) is 0 Å². The molecule has 0 aliphatic heterocycles. The SMILES string of the molecule is C=C(C)C(CC(C)C)N(C)C.CC.CCC.CCCC(C)CC(C)C=O. The topological polar surface area (TPSA) is 20.3 Å². The molecule has 0 saturated carbocycles. The molecule has 0 heterocycles. The van der Waals surface area contributed by atoms with Crippen LogP contribution in [0.3, 0.4) is 0 Å². The van der Waals surface area contributed by atoms with Gasteiger partial charge >= 0.3 is 0 Å². The number of likely N-dealkylation sites (N-methyl/N-ethyl adjacent to an activating group) is 1. The van der Waals surface area contributed by atoms with Crippen molar-refractivity contribution in [2.24, 2.45) is 17.8 Å². The normalized spacial score (nSPS) is 13.2. The Labute approximate surface area is 167 Å². The Balaban J connectivity index is -0.000000149. The maximum absolute atomic E-state index is 10.2. The summed E-state index contributed by atoms with van der Waals surface area (Å²) < 4.78 is 0. The van der Waals surface area contributed by atoms with Gasteiger partial charge in [0.1, 0.15) is 6.29 Å². The van der Waals surface area contributed by atoms with E-state index in [9.17, 15) is 4.79 Å². The first-order valence-electron chi connectivity index (χ1n) is 10.8. The maximum atomic E-state index is 10.2. The summed E-state index contributed by atoms with van der Waals surface area (Å²) in [6.07, 6.45) is 7.04. The third-order valence-corrected chi connectivity index (χ3v) is 3.67. The predicted octanol–water partition coefficient (Wildman–Crippen LogP) is 7.63. The number of hydrogen-bond acceptors (Lipinski definition) is 2. The molecule has 26 heavy (non-hydrogen) atoms. The van der Waals surface area contributed by atoms with Crippen molar-refractivity contribution in [3.8, 4) is 0 Å². The second kappa shape index (κ2) is 24.4. The zero-order valence-corrected chi connectivity index (χ0v) is 20.5. The van der Waals surface area contributed by atoms with Gasteiger partial charge in [0.05, 0.1) is 0 Å². The zero-order valence-electron chi connectivity index (χ0n) is 20.5. The standard InChI is InChI=1S/C10H21N.C9H18O.C3H8.C2H6/c1-8(2)7-10(9(3)4)11(5)6;1-4-5-8(2)6-9(3)7-10;1-3-2;1-2/h8,10H,3,7H2,1-2,4-6H3;7-9H,4-6H2,1-3H3;3H2,1-2H3;1-2H3. The quantitative estimate of drug-likeness (QED) is 0.307. The first-order valence-corrected chi connectivity index (χ1v) is 10.8. The second-order valence-electron chi connectivity index (χ2n) is 7.91. The van der Waals surface area contributed by atoms with E-state index in [0.29, 0.717) is 12.0 Å². The highest BCUT2D eigenvalue weighted by Gasteiger charge is 2.12. The van der Waals surface area contributed by atoms with Crippen molar-refractivity contribution >= 4 is 6.29 Å². The fraction of sp³-hybridized carbons (Fsp3) is 0.875. The molecule has 2 heteroatoms. The van der Waals surface area contributed by atoms with Gasteiger partial charge in [0.25, 0.3) is 0 Å². The first-order chi connectivity index (χ1) is 12.1. The van der Waals surface area contributed by atoms with Gasteiger partial charge in [-0.3, -0.25) is 0 Å². The summed E-state index contributed by atoms with van der Waals surface area (Å²) in [5.74, 6) is 1.71. The van der Waals surface area contributed by atoms with Crippen LogP contribution in [0.5, 0.6) is 0 Å². The molecule has 3 atom stereocenters. The van der Waals surface area contributed by atoms with Crippen molar-refractivity contribution < 1.29 is 4.79 Å². The van der Waals surface area contributed by atoms with Crippen LogP contribution in [0.1, 0.15) is 101 Å². The lowest BCUT2D eigenvalue weighted by atomic mass is 9.95. The summed E-state index contributed by atoms with van der Waals surface area (Å²) in [5.41, 5.74) is 1.27. The Kier molecular flexibility index (Phi) is 30.9. The van der Waals surface area contributed by atoms with E-state index in [2.05, 4.69) is 74.0 Å². The van der Waals surface area contributed by atoms with Crippen LogP contribution in [0, 0.1) is 17.8 Å². The smallest absolute Gasteiger partial charge is 0.122 e. The van der Waals surface area contributed by atoms with Crippen molar-refractivity contribution in [3.05, 3.63) is 12.2 Å². The Morgan fingerprint density at radius 3 is 1.62 bits per heavy atom. The largest absolute Gasteiger partial charge is 0.303 e. The summed E-state index contributed by atoms with van der Waals surface area (Å²) in [6.45, 7) is 25.2. The van der Waals surface area contributed by atoms with E-state index in [1.165, 1.54) is 31.3 Å². The minimum Gasteiger partial charge on any atom is -0.303 e. The van der Waals surface area contributed by atoms with Gasteiger partial charge in [0.2, 0.25) is 0 Å². The average molecular weight is 372 g/mol. The number of carbonyl (C=O) groups is 1. The molecule has 2 nitrogen and oxygen atoms in total. The van der Waals surface area contributed by atoms with Crippen LogP contribution in [0.4, 0.5) is 0 Å². The molecule has 0 aromatic carbocycles. The molecular formula is C24H53NO. The monoisotopic (exact) mass is 371 g/mol. The number of hydrogen-bond donors (Lipinski definition) is 0. The number of nitrogens with zero attached hydrogens (tertiary/aromatic N) is 1. The zero-order chi connectivity index (χ0) is 21.7. The molecule has 0 radical (unpaired) electrons. The van der Waals surface area contributed by atoms with Gasteiger partial charge in [0, 0.05) is 12.0 Å². The lowest BCUT2D eigenvalue weighted by Crippen LogP contribution is -2.29. The molecule has 0 aliphatic carbocycles. The van der Waals surface area contributed by atoms with Crippen molar-refractivity contribution in [1.29, 1.82) is 0 Å². The molecule has 0 N–H and O–H groups in total. The third-order valence-electron chi connectivity index (χ3n) is 3.67. The Hall–Kier alpha value is -0.630. The highest BCUT2D eigenvalue weighted by atomic mass is 16.1. The Morgan fingerprint density at radius 1 is 1.00 bits per heavy atom. The molecule has 0 bridgehead atoms. The van der Waals surface area contributed by atoms with Crippen molar-refractivity contribution in [1.82, 2.24) is 4.90 Å². The molecule has 0 rings (SSSR count). The third kappa shape index (κ3) is 28.2. The van der Waals surface area contributed by atoms with Crippen molar-refractivity contribution in [3.63, 3.8) is 0 Å². The van der Waals surface area contributed by atoms with Gasteiger partial charge in [0.15, 0.2) is 0 Å². The van der Waals surface area contributed by atoms with Crippen LogP contribution in [0.25, 0.3) is 0 Å². The van der Waals surface area contributed by atoms with Gasteiger partial charge < -0.3 is 9.69 Å². The summed E-state index contributed by atoms with van der Waals surface area (Å²) >= 11 is 0. The van der Waals surface area contributed by atoms with E-state index < -0.39 is 0 Å². The fourth-order valence-electron chi connectivity index (χ4n) is 2.60. The van der Waals surface area contributed by atoms with E-state index in [0.717, 1.165) is 18.6 Å². The lowest BCUT2D eigenvalue weighted by molar-refractivity contribution is -0.111. The van der Waals surface area contributed by atoms with Gasteiger partial charge in [-0.1, -0.05) is 93.7 Å². The highest BCUT2D eigenvalue weighted by Crippen LogP contribution is 2.15. The summed E-state index contributed by atoms with van der Waals surface area (Å²) in [6, 6.07) is 0.551. The second-order valence-corrected chi connectivity index (χ2v) is 7.91. The minimum absolute atomic E-state index is 0.251. The van der Waals surface area contributed by atoms with E-state index in [1.54, 1.807) is 0 Å². The summed E-state index contributed by atoms with van der Waals surface area (Å²) in [5, 5.41) is 0. The van der Waals surface area contributed by atoms with Crippen LogP contribution >= 0.6 is 0 Å². The van der Waals surface area contributed by atoms with E-state index in [4.69, 9.17) is 0 Å². The van der Waals surface area contributed by atoms with Crippen LogP contribution in [0.15, 0.2) is 12.2 Å². The predicted molar refractivity (Wildman–Crippen MR) is 123 cm³/mol.